The van der Waals surface area contributed by atoms with Crippen LogP contribution in [0, 0.1) is 6.92 Å². The molecule has 1 aliphatic heterocycles. The molecule has 0 radical (unpaired) electrons. The molecule has 0 spiro atoms. The molecule has 0 bridgehead atoms. The Morgan fingerprint density at radius 2 is 2.00 bits per heavy atom. The highest BCUT2D eigenvalue weighted by Crippen LogP contribution is 2.40. The topological polar surface area (TPSA) is 104 Å². The second kappa shape index (κ2) is 9.18. The summed E-state index contributed by atoms with van der Waals surface area (Å²) in [5.74, 6) is 2.08. The monoisotopic (exact) mass is 476 g/mol. The quantitative estimate of drug-likeness (QED) is 0.441. The van der Waals surface area contributed by atoms with Crippen LogP contribution in [0.4, 0.5) is 5.82 Å². The molecule has 1 aliphatic rings. The molecule has 4 aromatic heterocycles. The third-order valence-electron chi connectivity index (χ3n) is 6.78. The number of aromatic nitrogens is 5. The summed E-state index contributed by atoms with van der Waals surface area (Å²) in [7, 11) is 3.45. The van der Waals surface area contributed by atoms with Crippen LogP contribution >= 0.6 is 0 Å². The largest absolute Gasteiger partial charge is 0.493 e. The Bertz CT molecular complexity index is 1380. The van der Waals surface area contributed by atoms with Crippen molar-refractivity contribution in [2.45, 2.75) is 26.7 Å². The summed E-state index contributed by atoms with van der Waals surface area (Å²) in [6.07, 6.45) is 5.44. The molecular formula is C25H32N8O2. The van der Waals surface area contributed by atoms with E-state index >= 15 is 0 Å². The minimum absolute atomic E-state index is 0.143. The fraction of sp³-hybridized carbons (Fsp3) is 0.440. The molecular weight excluding hydrogens is 444 g/mol. The Labute approximate surface area is 204 Å². The van der Waals surface area contributed by atoms with Gasteiger partial charge in [-0.1, -0.05) is 13.8 Å². The van der Waals surface area contributed by atoms with Crippen molar-refractivity contribution in [2.24, 2.45) is 0 Å². The second-order valence-electron chi connectivity index (χ2n) is 9.29. The van der Waals surface area contributed by atoms with Crippen molar-refractivity contribution in [3.8, 4) is 17.0 Å². The molecule has 0 unspecified atom stereocenters. The van der Waals surface area contributed by atoms with Crippen LogP contribution in [-0.4, -0.2) is 82.3 Å². The Morgan fingerprint density at radius 1 is 1.23 bits per heavy atom. The van der Waals surface area contributed by atoms with Gasteiger partial charge in [0.05, 0.1) is 31.1 Å². The van der Waals surface area contributed by atoms with Crippen LogP contribution in [0.5, 0.6) is 5.75 Å². The fourth-order valence-corrected chi connectivity index (χ4v) is 5.11. The van der Waals surface area contributed by atoms with Gasteiger partial charge in [0.1, 0.15) is 12.1 Å². The number of aromatic amines is 1. The van der Waals surface area contributed by atoms with E-state index in [1.807, 2.05) is 23.4 Å². The highest BCUT2D eigenvalue weighted by Gasteiger charge is 2.26. The number of aryl methyl sites for hydroxylation is 1. The molecule has 2 N–H and O–H groups in total. The fourth-order valence-electron chi connectivity index (χ4n) is 5.11. The molecule has 5 heterocycles. The summed E-state index contributed by atoms with van der Waals surface area (Å²) in [4.78, 5) is 29.2. The van der Waals surface area contributed by atoms with E-state index in [-0.39, 0.29) is 11.8 Å². The molecule has 4 aromatic rings. The van der Waals surface area contributed by atoms with Crippen molar-refractivity contribution in [1.82, 2.24) is 34.8 Å². The number of piperazine rings is 1. The average Bonchev–Trinajstić information content (AvgIpc) is 3.49. The number of H-pyrrole nitrogens is 1. The van der Waals surface area contributed by atoms with E-state index < -0.39 is 0 Å². The van der Waals surface area contributed by atoms with Crippen LogP contribution < -0.4 is 15.0 Å². The number of pyridine rings is 2. The molecule has 10 nitrogen and oxygen atoms in total. The number of hydrogen-bond donors (Lipinski definition) is 2. The maximum Gasteiger partial charge on any atom is 0.236 e. The van der Waals surface area contributed by atoms with Crippen molar-refractivity contribution < 1.29 is 9.53 Å². The van der Waals surface area contributed by atoms with E-state index in [1.54, 1.807) is 18.7 Å². The van der Waals surface area contributed by atoms with Gasteiger partial charge in [0, 0.05) is 48.9 Å². The number of nitrogens with zero attached hydrogens (tertiary/aromatic N) is 6. The van der Waals surface area contributed by atoms with Gasteiger partial charge < -0.3 is 24.8 Å². The zero-order valence-corrected chi connectivity index (χ0v) is 20.9. The normalized spacial score (nSPS) is 14.5. The van der Waals surface area contributed by atoms with E-state index in [4.69, 9.17) is 9.72 Å². The first-order chi connectivity index (χ1) is 16.9. The van der Waals surface area contributed by atoms with Crippen LogP contribution in [0.25, 0.3) is 27.8 Å². The molecule has 0 aromatic carbocycles. The molecule has 0 aliphatic carbocycles. The van der Waals surface area contributed by atoms with Crippen molar-refractivity contribution in [2.75, 3.05) is 51.8 Å². The molecule has 1 amide bonds. The number of amides is 1. The SMILES string of the molecule is CNCC(=O)N1CCN(c2ncc3[nH]c(-c4cc(OC)c5ncnn5c4)c(C(C)C)c3c2C)CC1. The molecule has 35 heavy (non-hydrogen) atoms. The number of methoxy groups -OCH3 is 1. The first-order valence-corrected chi connectivity index (χ1v) is 12.0. The number of carbonyl (C=O) groups is 1. The summed E-state index contributed by atoms with van der Waals surface area (Å²) >= 11 is 0. The predicted molar refractivity (Wildman–Crippen MR) is 136 cm³/mol. The standard InChI is InChI=1S/C25H32N8O2/c1-15(2)21-22-16(3)24(32-8-6-31(7-9-32)20(34)12-26-4)27-11-18(22)30-23(21)17-10-19(35-5)25-28-14-29-33(25)13-17/h10-11,13-15,26,30H,6-9,12H2,1-5H3. The molecule has 1 fully saturated rings. The van der Waals surface area contributed by atoms with Crippen LogP contribution in [-0.2, 0) is 4.79 Å². The number of rotatable bonds is 6. The zero-order valence-electron chi connectivity index (χ0n) is 20.9. The molecule has 0 atom stereocenters. The van der Waals surface area contributed by atoms with Gasteiger partial charge in [-0.25, -0.2) is 14.5 Å². The van der Waals surface area contributed by atoms with Gasteiger partial charge in [0.15, 0.2) is 11.4 Å². The van der Waals surface area contributed by atoms with E-state index in [0.29, 0.717) is 31.0 Å². The molecule has 184 valence electrons. The Hall–Kier alpha value is -3.66. The minimum atomic E-state index is 0.143. The van der Waals surface area contributed by atoms with Crippen molar-refractivity contribution in [3.05, 3.63) is 35.9 Å². The Kier molecular flexibility index (Phi) is 6.06. The summed E-state index contributed by atoms with van der Waals surface area (Å²) in [5.41, 5.74) is 6.10. The highest BCUT2D eigenvalue weighted by molar-refractivity contribution is 5.95. The first kappa shape index (κ1) is 23.1. The maximum atomic E-state index is 12.3. The van der Waals surface area contributed by atoms with Gasteiger partial charge in [0.2, 0.25) is 5.91 Å². The van der Waals surface area contributed by atoms with Gasteiger partial charge in [-0.15, -0.1) is 0 Å². The van der Waals surface area contributed by atoms with Gasteiger partial charge in [-0.3, -0.25) is 4.79 Å². The number of carbonyl (C=O) groups excluding carboxylic acids is 1. The zero-order chi connectivity index (χ0) is 24.7. The third kappa shape index (κ3) is 3.97. The van der Waals surface area contributed by atoms with Crippen molar-refractivity contribution >= 4 is 28.3 Å². The van der Waals surface area contributed by atoms with Gasteiger partial charge in [-0.05, 0) is 31.5 Å². The summed E-state index contributed by atoms with van der Waals surface area (Å²) in [6, 6.07) is 2.01. The average molecular weight is 477 g/mol. The van der Waals surface area contributed by atoms with Crippen molar-refractivity contribution in [3.63, 3.8) is 0 Å². The number of fused-ring (bicyclic) bond motifs is 2. The van der Waals surface area contributed by atoms with Crippen molar-refractivity contribution in [1.29, 1.82) is 0 Å². The summed E-state index contributed by atoms with van der Waals surface area (Å²) < 4.78 is 7.34. The predicted octanol–water partition coefficient (Wildman–Crippen LogP) is 2.58. The number of likely N-dealkylation sites (N-methyl/N-ethyl adjacent to an activating group) is 1. The van der Waals surface area contributed by atoms with Gasteiger partial charge >= 0.3 is 0 Å². The Balaban J connectivity index is 1.55. The number of ether oxygens (including phenoxy) is 1. The summed E-state index contributed by atoms with van der Waals surface area (Å²) in [6.45, 7) is 9.88. The van der Waals surface area contributed by atoms with Gasteiger partial charge in [0.25, 0.3) is 0 Å². The number of hydrogen-bond acceptors (Lipinski definition) is 7. The van der Waals surface area contributed by atoms with Crippen LogP contribution in [0.15, 0.2) is 24.8 Å². The maximum absolute atomic E-state index is 12.3. The highest BCUT2D eigenvalue weighted by atomic mass is 16.5. The van der Waals surface area contributed by atoms with E-state index in [0.717, 1.165) is 41.2 Å². The Morgan fingerprint density at radius 3 is 2.69 bits per heavy atom. The molecule has 1 saturated heterocycles. The first-order valence-electron chi connectivity index (χ1n) is 12.0. The smallest absolute Gasteiger partial charge is 0.236 e. The van der Waals surface area contributed by atoms with Crippen LogP contribution in [0.2, 0.25) is 0 Å². The second-order valence-corrected chi connectivity index (χ2v) is 9.29. The minimum Gasteiger partial charge on any atom is -0.493 e. The van der Waals surface area contributed by atoms with Gasteiger partial charge in [-0.2, -0.15) is 5.10 Å². The lowest BCUT2D eigenvalue weighted by molar-refractivity contribution is -0.130. The lowest BCUT2D eigenvalue weighted by atomic mass is 9.95. The summed E-state index contributed by atoms with van der Waals surface area (Å²) in [5, 5.41) is 8.47. The molecule has 10 heteroatoms. The molecule has 0 saturated carbocycles. The third-order valence-corrected chi connectivity index (χ3v) is 6.78. The lowest BCUT2D eigenvalue weighted by Gasteiger charge is -2.36. The molecule has 5 rings (SSSR count). The van der Waals surface area contributed by atoms with Crippen LogP contribution in [0.3, 0.4) is 0 Å². The van der Waals surface area contributed by atoms with E-state index in [1.165, 1.54) is 17.3 Å². The number of nitrogens with one attached hydrogen (secondary N) is 2. The number of anilines is 1. The van der Waals surface area contributed by atoms with E-state index in [2.05, 4.69) is 46.1 Å². The lowest BCUT2D eigenvalue weighted by Crippen LogP contribution is -2.51. The van der Waals surface area contributed by atoms with Crippen LogP contribution in [0.1, 0.15) is 30.9 Å². The van der Waals surface area contributed by atoms with E-state index in [9.17, 15) is 4.79 Å².